The summed E-state index contributed by atoms with van der Waals surface area (Å²) in [5.74, 6) is 0. The third kappa shape index (κ3) is 8.24. The van der Waals surface area contributed by atoms with E-state index in [9.17, 15) is 0 Å². The molecule has 0 unspecified atom stereocenters. The van der Waals surface area contributed by atoms with Crippen molar-refractivity contribution >= 4 is 11.9 Å². The monoisotopic (exact) mass is 324 g/mol. The van der Waals surface area contributed by atoms with Gasteiger partial charge in [0.1, 0.15) is 0 Å². The summed E-state index contributed by atoms with van der Waals surface area (Å²) in [6.45, 7) is 0. The zero-order valence-electron chi connectivity index (χ0n) is 15.0. The summed E-state index contributed by atoms with van der Waals surface area (Å²) in [5.41, 5.74) is 2.56. The van der Waals surface area contributed by atoms with Crippen molar-refractivity contribution in [3.8, 4) is 0 Å². The molecule has 1 heterocycles. The van der Waals surface area contributed by atoms with Crippen LogP contribution >= 0.6 is 0 Å². The summed E-state index contributed by atoms with van der Waals surface area (Å²) < 4.78 is 0. The summed E-state index contributed by atoms with van der Waals surface area (Å²) in [6.07, 6.45) is 31.9. The van der Waals surface area contributed by atoms with Crippen LogP contribution in [0, 0.1) is 0 Å². The molecule has 0 N–H and O–H groups in total. The Morgan fingerprint density at radius 1 is 0.625 bits per heavy atom. The van der Waals surface area contributed by atoms with Crippen LogP contribution < -0.4 is 0 Å². The van der Waals surface area contributed by atoms with Crippen LogP contribution in [-0.4, -0.2) is 11.9 Å². The molecule has 0 aromatic heterocycles. The first-order valence-electron chi connectivity index (χ1n) is 9.74. The number of hydrogen-bond donors (Lipinski definition) is 0. The fraction of sp³-hybridized carbons (Fsp3) is 0.545. The quantitative estimate of drug-likeness (QED) is 0.511. The van der Waals surface area contributed by atoms with Crippen molar-refractivity contribution in [1.82, 2.24) is 0 Å². The summed E-state index contributed by atoms with van der Waals surface area (Å²) >= 11 is 0. The lowest BCUT2D eigenvalue weighted by Gasteiger charge is -2.11. The maximum atomic E-state index is 4.56. The van der Waals surface area contributed by atoms with Crippen LogP contribution in [0.1, 0.15) is 77.0 Å². The molecule has 0 saturated heterocycles. The smallest absolute Gasteiger partial charge is 0.0662 e. The Kier molecular flexibility index (Phi) is 9.85. The highest BCUT2D eigenvalue weighted by atomic mass is 15.2. The summed E-state index contributed by atoms with van der Waals surface area (Å²) in [6, 6.07) is 0. The Bertz CT molecular complexity index is 470. The van der Waals surface area contributed by atoms with Crippen LogP contribution in [0.15, 0.2) is 58.3 Å². The van der Waals surface area contributed by atoms with E-state index in [4.69, 9.17) is 0 Å². The topological polar surface area (TPSA) is 24.7 Å². The lowest BCUT2D eigenvalue weighted by Crippen LogP contribution is -2.04. The molecule has 130 valence electrons. The molecule has 0 fully saturated rings. The van der Waals surface area contributed by atoms with E-state index in [0.29, 0.717) is 0 Å². The highest BCUT2D eigenvalue weighted by Crippen LogP contribution is 2.18. The molecule has 0 aromatic rings. The molecule has 0 amide bonds. The van der Waals surface area contributed by atoms with Crippen molar-refractivity contribution in [1.29, 1.82) is 0 Å². The lowest BCUT2D eigenvalue weighted by molar-refractivity contribution is 0.644. The second kappa shape index (κ2) is 12.7. The van der Waals surface area contributed by atoms with Crippen LogP contribution in [-0.2, 0) is 0 Å². The fourth-order valence-electron chi connectivity index (χ4n) is 3.15. The molecule has 0 saturated carbocycles. The molecule has 2 aliphatic rings. The minimum absolute atomic E-state index is 1.05. The van der Waals surface area contributed by atoms with Crippen LogP contribution in [0.2, 0.25) is 0 Å². The van der Waals surface area contributed by atoms with Crippen molar-refractivity contribution < 1.29 is 0 Å². The first-order chi connectivity index (χ1) is 12.0. The molecule has 0 atom stereocenters. The van der Waals surface area contributed by atoms with E-state index in [-0.39, 0.29) is 0 Å². The Labute approximate surface area is 147 Å². The predicted octanol–water partition coefficient (Wildman–Crippen LogP) is 6.72. The van der Waals surface area contributed by atoms with Gasteiger partial charge in [-0.1, -0.05) is 62.1 Å². The molecule has 0 bridgehead atoms. The molecule has 2 rings (SSSR count). The molecular weight excluding hydrogens is 292 g/mol. The molecule has 2 heteroatoms. The number of rotatable bonds is 1. The van der Waals surface area contributed by atoms with Gasteiger partial charge in [-0.05, 0) is 63.0 Å². The van der Waals surface area contributed by atoms with E-state index in [1.54, 1.807) is 0 Å². The summed E-state index contributed by atoms with van der Waals surface area (Å²) in [7, 11) is 0. The summed E-state index contributed by atoms with van der Waals surface area (Å²) in [4.78, 5) is 0. The largest absolute Gasteiger partial charge is 0.159 e. The van der Waals surface area contributed by atoms with E-state index in [1.807, 2.05) is 12.3 Å². The highest BCUT2D eigenvalue weighted by Gasteiger charge is 2.08. The Morgan fingerprint density at radius 3 is 2.17 bits per heavy atom. The first-order valence-corrected chi connectivity index (χ1v) is 9.74. The number of allylic oxidation sites excluding steroid dienone is 8. The SMILES string of the molecule is C1=C\C=C(\C2=N\N=C/C=C\CCCCCC2)CCCCCC\C=C/1. The van der Waals surface area contributed by atoms with Crippen LogP contribution in [0.5, 0.6) is 0 Å². The van der Waals surface area contributed by atoms with Crippen molar-refractivity contribution in [2.45, 2.75) is 77.0 Å². The van der Waals surface area contributed by atoms with Gasteiger partial charge in [0.15, 0.2) is 0 Å². The highest BCUT2D eigenvalue weighted by molar-refractivity contribution is 6.00. The molecule has 24 heavy (non-hydrogen) atoms. The van der Waals surface area contributed by atoms with Gasteiger partial charge in [-0.3, -0.25) is 0 Å². The molecule has 1 aliphatic heterocycles. The van der Waals surface area contributed by atoms with Crippen LogP contribution in [0.4, 0.5) is 0 Å². The van der Waals surface area contributed by atoms with E-state index >= 15 is 0 Å². The van der Waals surface area contributed by atoms with Gasteiger partial charge in [0.2, 0.25) is 0 Å². The second-order valence-corrected chi connectivity index (χ2v) is 6.65. The van der Waals surface area contributed by atoms with Gasteiger partial charge in [0, 0.05) is 6.21 Å². The molecule has 0 radical (unpaired) electrons. The maximum absolute atomic E-state index is 4.56. The average molecular weight is 325 g/mol. The van der Waals surface area contributed by atoms with Crippen molar-refractivity contribution in [2.24, 2.45) is 10.2 Å². The van der Waals surface area contributed by atoms with Crippen LogP contribution in [0.25, 0.3) is 0 Å². The third-order valence-electron chi connectivity index (χ3n) is 4.59. The molecular formula is C22H32N2. The van der Waals surface area contributed by atoms with Gasteiger partial charge in [-0.25, -0.2) is 0 Å². The van der Waals surface area contributed by atoms with Crippen LogP contribution in [0.3, 0.4) is 0 Å². The Balaban J connectivity index is 2.12. The van der Waals surface area contributed by atoms with Crippen molar-refractivity contribution in [3.05, 3.63) is 48.1 Å². The first kappa shape index (κ1) is 18.6. The zero-order chi connectivity index (χ0) is 16.7. The lowest BCUT2D eigenvalue weighted by atomic mass is 9.97. The predicted molar refractivity (Wildman–Crippen MR) is 107 cm³/mol. The van der Waals surface area contributed by atoms with E-state index in [0.717, 1.165) is 19.3 Å². The minimum atomic E-state index is 1.05. The average Bonchev–Trinajstić information content (AvgIpc) is 2.56. The second-order valence-electron chi connectivity index (χ2n) is 6.65. The maximum Gasteiger partial charge on any atom is 0.0662 e. The summed E-state index contributed by atoms with van der Waals surface area (Å²) in [5, 5.41) is 8.85. The van der Waals surface area contributed by atoms with Gasteiger partial charge in [-0.15, -0.1) is 0 Å². The van der Waals surface area contributed by atoms with Gasteiger partial charge in [-0.2, -0.15) is 10.2 Å². The standard InChI is InChI=1S/C22H32N2/c1-2-5-9-13-17-21(18-14-10-6-3-1)22-19-15-11-7-4-8-12-16-20-23-24-22/h2,5,9,12-13,16-17,20H,1,3-4,6-8,10-11,14-15,18-19H2/b5-2-,13-9-,16-12-,21-17+,23-20-,24-22+. The normalized spacial score (nSPS) is 31.3. The molecule has 2 nitrogen and oxygen atoms in total. The molecule has 0 spiro atoms. The minimum Gasteiger partial charge on any atom is -0.159 e. The van der Waals surface area contributed by atoms with Gasteiger partial charge < -0.3 is 0 Å². The van der Waals surface area contributed by atoms with E-state index in [2.05, 4.69) is 46.7 Å². The van der Waals surface area contributed by atoms with Gasteiger partial charge in [0.05, 0.1) is 5.71 Å². The van der Waals surface area contributed by atoms with Gasteiger partial charge in [0.25, 0.3) is 0 Å². The number of nitrogens with zero attached hydrogens (tertiary/aromatic N) is 2. The van der Waals surface area contributed by atoms with Crippen molar-refractivity contribution in [2.75, 3.05) is 0 Å². The Morgan fingerprint density at radius 2 is 1.33 bits per heavy atom. The number of hydrogen-bond acceptors (Lipinski definition) is 2. The zero-order valence-corrected chi connectivity index (χ0v) is 15.0. The molecule has 0 aromatic carbocycles. The fourth-order valence-corrected chi connectivity index (χ4v) is 3.15. The van der Waals surface area contributed by atoms with Gasteiger partial charge >= 0.3 is 0 Å². The van der Waals surface area contributed by atoms with Crippen molar-refractivity contribution in [3.63, 3.8) is 0 Å². The van der Waals surface area contributed by atoms with E-state index < -0.39 is 0 Å². The molecule has 1 aliphatic carbocycles. The van der Waals surface area contributed by atoms with E-state index in [1.165, 1.54) is 69.1 Å². The Hall–Kier alpha value is -1.70. The third-order valence-corrected chi connectivity index (χ3v) is 4.59.